The topological polar surface area (TPSA) is 77.9 Å². The number of nitrogens with one attached hydrogen (secondary N) is 3. The number of rotatable bonds is 6. The lowest BCUT2D eigenvalue weighted by atomic mass is 10.1. The van der Waals surface area contributed by atoms with Crippen molar-refractivity contribution in [3.8, 4) is 0 Å². The molecule has 0 aliphatic rings. The van der Waals surface area contributed by atoms with Crippen molar-refractivity contribution in [2.75, 3.05) is 5.32 Å². The fourth-order valence-electron chi connectivity index (χ4n) is 2.89. The third-order valence-electron chi connectivity index (χ3n) is 4.37. The first kappa shape index (κ1) is 18.3. The summed E-state index contributed by atoms with van der Waals surface area (Å²) in [5.74, 6) is 0.0972. The van der Waals surface area contributed by atoms with Gasteiger partial charge in [-0.25, -0.2) is 4.98 Å². The lowest BCUT2D eigenvalue weighted by Gasteiger charge is -2.18. The van der Waals surface area contributed by atoms with Crippen molar-refractivity contribution in [1.29, 1.82) is 5.41 Å². The average Bonchev–Trinajstić information content (AvgIpc) is 2.69. The molecule has 0 saturated carbocycles. The molecule has 1 atom stereocenters. The third kappa shape index (κ3) is 4.39. The fraction of sp³-hybridized carbons (Fsp3) is 0.136. The van der Waals surface area contributed by atoms with Gasteiger partial charge >= 0.3 is 0 Å². The van der Waals surface area contributed by atoms with Gasteiger partial charge in [-0.2, -0.15) is 0 Å². The number of carbonyl (C=O) groups is 1. The number of carbonyl (C=O) groups excluding carboxylic acids is 1. The highest BCUT2D eigenvalue weighted by Gasteiger charge is 2.14. The molecule has 5 heteroatoms. The molecule has 0 fully saturated rings. The normalized spacial score (nSPS) is 12.8. The van der Waals surface area contributed by atoms with Crippen molar-refractivity contribution in [2.24, 2.45) is 0 Å². The Kier molecular flexibility index (Phi) is 5.61. The molecule has 2 aromatic carbocycles. The van der Waals surface area contributed by atoms with E-state index in [9.17, 15) is 4.79 Å². The van der Waals surface area contributed by atoms with Gasteiger partial charge in [0.2, 0.25) is 0 Å². The lowest BCUT2D eigenvalue weighted by molar-refractivity contribution is -0.112. The number of hydrogen-bond donors (Lipinski definition) is 3. The van der Waals surface area contributed by atoms with Crippen molar-refractivity contribution >= 4 is 28.8 Å². The molecule has 0 spiro atoms. The zero-order valence-corrected chi connectivity index (χ0v) is 15.4. The van der Waals surface area contributed by atoms with Crippen LogP contribution in [0.3, 0.4) is 0 Å². The van der Waals surface area contributed by atoms with Crippen LogP contribution in [0.1, 0.15) is 25.5 Å². The highest BCUT2D eigenvalue weighted by Crippen LogP contribution is 2.17. The number of fused-ring (bicyclic) bond motifs is 1. The SMILES string of the molecule is C/C(NC(C)c1ccccc1)=C(/C=N)C(=O)Nc1ccc2ccccc2n1. The molecule has 3 aromatic rings. The number of amides is 1. The second kappa shape index (κ2) is 8.27. The van der Waals surface area contributed by atoms with E-state index in [0.29, 0.717) is 11.5 Å². The molecule has 0 aliphatic heterocycles. The summed E-state index contributed by atoms with van der Waals surface area (Å²) in [4.78, 5) is 17.1. The van der Waals surface area contributed by atoms with Gasteiger partial charge in [0.25, 0.3) is 5.91 Å². The van der Waals surface area contributed by atoms with Crippen LogP contribution in [0.25, 0.3) is 10.9 Å². The van der Waals surface area contributed by atoms with Gasteiger partial charge in [0.1, 0.15) is 5.82 Å². The summed E-state index contributed by atoms with van der Waals surface area (Å²) < 4.78 is 0. The van der Waals surface area contributed by atoms with Crippen LogP contribution in [0.15, 0.2) is 78.0 Å². The van der Waals surface area contributed by atoms with E-state index in [1.807, 2.05) is 67.6 Å². The van der Waals surface area contributed by atoms with Gasteiger partial charge in [0.15, 0.2) is 0 Å². The predicted octanol–water partition coefficient (Wildman–Crippen LogP) is 4.45. The van der Waals surface area contributed by atoms with Crippen molar-refractivity contribution in [1.82, 2.24) is 10.3 Å². The second-order valence-electron chi connectivity index (χ2n) is 6.30. The van der Waals surface area contributed by atoms with Crippen LogP contribution in [-0.4, -0.2) is 17.1 Å². The average molecular weight is 358 g/mol. The molecule has 1 heterocycles. The van der Waals surface area contributed by atoms with Crippen LogP contribution in [-0.2, 0) is 4.79 Å². The highest BCUT2D eigenvalue weighted by molar-refractivity contribution is 6.17. The van der Waals surface area contributed by atoms with Crippen LogP contribution in [0.2, 0.25) is 0 Å². The number of hydrogen-bond acceptors (Lipinski definition) is 4. The third-order valence-corrected chi connectivity index (χ3v) is 4.37. The number of anilines is 1. The Balaban J connectivity index is 1.77. The predicted molar refractivity (Wildman–Crippen MR) is 110 cm³/mol. The minimum atomic E-state index is -0.363. The Hall–Kier alpha value is -3.47. The molecule has 1 amide bonds. The van der Waals surface area contributed by atoms with Gasteiger partial charge in [-0.05, 0) is 37.6 Å². The molecule has 136 valence electrons. The maximum Gasteiger partial charge on any atom is 0.260 e. The molecule has 27 heavy (non-hydrogen) atoms. The highest BCUT2D eigenvalue weighted by atomic mass is 16.1. The molecule has 1 unspecified atom stereocenters. The van der Waals surface area contributed by atoms with Crippen molar-refractivity contribution < 1.29 is 4.79 Å². The summed E-state index contributed by atoms with van der Waals surface area (Å²) in [6, 6.07) is 21.4. The molecule has 1 aromatic heterocycles. The molecule has 0 bridgehead atoms. The number of pyridine rings is 1. The Morgan fingerprint density at radius 3 is 2.48 bits per heavy atom. The van der Waals surface area contributed by atoms with Crippen LogP contribution >= 0.6 is 0 Å². The van der Waals surface area contributed by atoms with E-state index >= 15 is 0 Å². The van der Waals surface area contributed by atoms with Crippen molar-refractivity contribution in [3.05, 3.63) is 83.6 Å². The Morgan fingerprint density at radius 1 is 1.04 bits per heavy atom. The van der Waals surface area contributed by atoms with Gasteiger partial charge < -0.3 is 16.0 Å². The number of benzene rings is 2. The van der Waals surface area contributed by atoms with E-state index in [1.54, 1.807) is 13.0 Å². The minimum Gasteiger partial charge on any atom is -0.381 e. The molecular formula is C22H22N4O. The van der Waals surface area contributed by atoms with E-state index in [1.165, 1.54) is 0 Å². The van der Waals surface area contributed by atoms with Gasteiger partial charge in [-0.1, -0.05) is 48.5 Å². The summed E-state index contributed by atoms with van der Waals surface area (Å²) in [5, 5.41) is 14.7. The summed E-state index contributed by atoms with van der Waals surface area (Å²) >= 11 is 0. The lowest BCUT2D eigenvalue weighted by Crippen LogP contribution is -2.24. The number of nitrogens with zero attached hydrogens (tertiary/aromatic N) is 1. The van der Waals surface area contributed by atoms with E-state index in [4.69, 9.17) is 5.41 Å². The van der Waals surface area contributed by atoms with Gasteiger partial charge in [-0.3, -0.25) is 4.79 Å². The van der Waals surface area contributed by atoms with Crippen molar-refractivity contribution in [3.63, 3.8) is 0 Å². The van der Waals surface area contributed by atoms with E-state index in [-0.39, 0.29) is 17.5 Å². The number of para-hydroxylation sites is 1. The second-order valence-corrected chi connectivity index (χ2v) is 6.30. The molecule has 3 rings (SSSR count). The Morgan fingerprint density at radius 2 is 1.74 bits per heavy atom. The monoisotopic (exact) mass is 358 g/mol. The number of allylic oxidation sites excluding steroid dienone is 1. The van der Waals surface area contributed by atoms with E-state index in [0.717, 1.165) is 22.7 Å². The zero-order chi connectivity index (χ0) is 19.2. The Bertz CT molecular complexity index is 995. The fourth-order valence-corrected chi connectivity index (χ4v) is 2.89. The maximum atomic E-state index is 12.6. The molecule has 5 nitrogen and oxygen atoms in total. The van der Waals surface area contributed by atoms with Crippen LogP contribution in [0.4, 0.5) is 5.82 Å². The first-order valence-electron chi connectivity index (χ1n) is 8.78. The molecule has 3 N–H and O–H groups in total. The summed E-state index contributed by atoms with van der Waals surface area (Å²) in [7, 11) is 0. The summed E-state index contributed by atoms with van der Waals surface area (Å²) in [6.45, 7) is 3.82. The van der Waals surface area contributed by atoms with Crippen LogP contribution < -0.4 is 10.6 Å². The Labute approximate surface area is 158 Å². The minimum absolute atomic E-state index is 0.0211. The maximum absolute atomic E-state index is 12.6. The largest absolute Gasteiger partial charge is 0.381 e. The van der Waals surface area contributed by atoms with Crippen LogP contribution in [0.5, 0.6) is 0 Å². The molecule has 0 aliphatic carbocycles. The first-order chi connectivity index (χ1) is 13.1. The molecule has 0 radical (unpaired) electrons. The van der Waals surface area contributed by atoms with E-state index < -0.39 is 0 Å². The van der Waals surface area contributed by atoms with Gasteiger partial charge in [0.05, 0.1) is 11.1 Å². The smallest absolute Gasteiger partial charge is 0.260 e. The number of aromatic nitrogens is 1. The van der Waals surface area contributed by atoms with E-state index in [2.05, 4.69) is 15.6 Å². The summed E-state index contributed by atoms with van der Waals surface area (Å²) in [6.07, 6.45) is 1.07. The first-order valence-corrected chi connectivity index (χ1v) is 8.78. The van der Waals surface area contributed by atoms with Gasteiger partial charge in [0, 0.05) is 23.3 Å². The summed E-state index contributed by atoms with van der Waals surface area (Å²) in [5.41, 5.74) is 2.83. The van der Waals surface area contributed by atoms with Gasteiger partial charge in [-0.15, -0.1) is 0 Å². The molecular weight excluding hydrogens is 336 g/mol. The zero-order valence-electron chi connectivity index (χ0n) is 15.4. The van der Waals surface area contributed by atoms with Crippen molar-refractivity contribution in [2.45, 2.75) is 19.9 Å². The van der Waals surface area contributed by atoms with Crippen LogP contribution in [0, 0.1) is 5.41 Å². The molecule has 0 saturated heterocycles. The quantitative estimate of drug-likeness (QED) is 0.450. The standard InChI is InChI=1S/C22H22N4O/c1-15(17-8-4-3-5-9-17)24-16(2)19(14-23)22(27)26-21-13-12-18-10-6-7-11-20(18)25-21/h3-15,23-24H,1-2H3,(H,25,26,27)/b19-16+,23-14?.